The van der Waals surface area contributed by atoms with Crippen LogP contribution in [0.25, 0.3) is 0 Å². The SMILES string of the molecule is CCOc1ccccc1C(O)c1ccc(C(=O)OC)o1. The van der Waals surface area contributed by atoms with Gasteiger partial charge >= 0.3 is 5.97 Å². The molecule has 2 aromatic rings. The summed E-state index contributed by atoms with van der Waals surface area (Å²) in [4.78, 5) is 11.3. The molecule has 0 radical (unpaired) electrons. The summed E-state index contributed by atoms with van der Waals surface area (Å²) < 4.78 is 15.3. The minimum absolute atomic E-state index is 0.0513. The summed E-state index contributed by atoms with van der Waals surface area (Å²) in [5, 5.41) is 10.3. The fraction of sp³-hybridized carbons (Fsp3) is 0.267. The number of ether oxygens (including phenoxy) is 2. The Labute approximate surface area is 116 Å². The van der Waals surface area contributed by atoms with Crippen LogP contribution in [0.2, 0.25) is 0 Å². The zero-order valence-electron chi connectivity index (χ0n) is 11.3. The summed E-state index contributed by atoms with van der Waals surface area (Å²) >= 11 is 0. The van der Waals surface area contributed by atoms with Crippen LogP contribution >= 0.6 is 0 Å². The van der Waals surface area contributed by atoms with Gasteiger partial charge in [0.05, 0.1) is 13.7 Å². The Kier molecular flexibility index (Phi) is 4.42. The van der Waals surface area contributed by atoms with E-state index in [1.807, 2.05) is 13.0 Å². The smallest absolute Gasteiger partial charge is 0.373 e. The fourth-order valence-corrected chi connectivity index (χ4v) is 1.86. The maximum absolute atomic E-state index is 11.3. The molecule has 0 saturated heterocycles. The summed E-state index contributed by atoms with van der Waals surface area (Å²) in [5.74, 6) is 0.313. The van der Waals surface area contributed by atoms with Crippen molar-refractivity contribution in [2.75, 3.05) is 13.7 Å². The molecule has 1 aromatic heterocycles. The number of benzene rings is 1. The van der Waals surface area contributed by atoms with E-state index in [0.29, 0.717) is 17.9 Å². The lowest BCUT2D eigenvalue weighted by Gasteiger charge is -2.13. The second-order valence-electron chi connectivity index (χ2n) is 4.07. The number of hydrogen-bond donors (Lipinski definition) is 1. The zero-order chi connectivity index (χ0) is 14.5. The third-order valence-corrected chi connectivity index (χ3v) is 2.80. The number of methoxy groups -OCH3 is 1. The molecule has 0 aliphatic rings. The average molecular weight is 276 g/mol. The van der Waals surface area contributed by atoms with Gasteiger partial charge in [-0.3, -0.25) is 0 Å². The number of aliphatic hydroxyl groups excluding tert-OH is 1. The van der Waals surface area contributed by atoms with E-state index in [1.165, 1.54) is 13.2 Å². The highest BCUT2D eigenvalue weighted by Crippen LogP contribution is 2.30. The lowest BCUT2D eigenvalue weighted by Crippen LogP contribution is -2.03. The molecular formula is C15H16O5. The van der Waals surface area contributed by atoms with Crippen LogP contribution in [0.15, 0.2) is 40.8 Å². The zero-order valence-corrected chi connectivity index (χ0v) is 11.3. The van der Waals surface area contributed by atoms with Gasteiger partial charge in [-0.1, -0.05) is 18.2 Å². The largest absolute Gasteiger partial charge is 0.493 e. The van der Waals surface area contributed by atoms with Crippen molar-refractivity contribution in [1.82, 2.24) is 0 Å². The van der Waals surface area contributed by atoms with Gasteiger partial charge in [0.2, 0.25) is 5.76 Å². The Bertz CT molecular complexity index is 587. The first-order chi connectivity index (χ1) is 9.67. The van der Waals surface area contributed by atoms with Crippen LogP contribution in [0.3, 0.4) is 0 Å². The predicted molar refractivity (Wildman–Crippen MR) is 71.7 cm³/mol. The Morgan fingerprint density at radius 2 is 2.05 bits per heavy atom. The molecule has 0 spiro atoms. The highest BCUT2D eigenvalue weighted by molar-refractivity contribution is 5.86. The molecular weight excluding hydrogens is 260 g/mol. The van der Waals surface area contributed by atoms with E-state index in [-0.39, 0.29) is 11.5 Å². The highest BCUT2D eigenvalue weighted by Gasteiger charge is 2.20. The second-order valence-corrected chi connectivity index (χ2v) is 4.07. The van der Waals surface area contributed by atoms with Crippen molar-refractivity contribution in [3.8, 4) is 5.75 Å². The van der Waals surface area contributed by atoms with Crippen molar-refractivity contribution in [1.29, 1.82) is 0 Å². The van der Waals surface area contributed by atoms with Gasteiger partial charge in [0.1, 0.15) is 17.6 Å². The number of carbonyl (C=O) groups is 1. The number of aliphatic hydroxyl groups is 1. The van der Waals surface area contributed by atoms with E-state index in [4.69, 9.17) is 9.15 Å². The molecule has 0 bridgehead atoms. The van der Waals surface area contributed by atoms with Gasteiger partial charge < -0.3 is 19.0 Å². The molecule has 1 N–H and O–H groups in total. The number of rotatable bonds is 5. The van der Waals surface area contributed by atoms with Gasteiger partial charge in [0.15, 0.2) is 0 Å². The molecule has 1 aromatic carbocycles. The molecule has 0 amide bonds. The molecule has 20 heavy (non-hydrogen) atoms. The Balaban J connectivity index is 2.29. The van der Waals surface area contributed by atoms with Gasteiger partial charge in [-0.25, -0.2) is 4.79 Å². The highest BCUT2D eigenvalue weighted by atomic mass is 16.5. The minimum Gasteiger partial charge on any atom is -0.493 e. The maximum Gasteiger partial charge on any atom is 0.373 e. The maximum atomic E-state index is 11.3. The molecule has 5 heteroatoms. The quantitative estimate of drug-likeness (QED) is 0.850. The number of para-hydroxylation sites is 1. The molecule has 0 aliphatic carbocycles. The first-order valence-electron chi connectivity index (χ1n) is 6.25. The van der Waals surface area contributed by atoms with Crippen LogP contribution in [-0.2, 0) is 4.74 Å². The Morgan fingerprint density at radius 3 is 2.75 bits per heavy atom. The summed E-state index contributed by atoms with van der Waals surface area (Å²) in [6, 6.07) is 10.1. The van der Waals surface area contributed by atoms with Crippen LogP contribution in [0.5, 0.6) is 5.75 Å². The van der Waals surface area contributed by atoms with Crippen LogP contribution < -0.4 is 4.74 Å². The van der Waals surface area contributed by atoms with Gasteiger partial charge in [-0.05, 0) is 25.1 Å². The Morgan fingerprint density at radius 1 is 1.30 bits per heavy atom. The van der Waals surface area contributed by atoms with Crippen molar-refractivity contribution in [3.63, 3.8) is 0 Å². The van der Waals surface area contributed by atoms with Crippen molar-refractivity contribution < 1.29 is 23.8 Å². The van der Waals surface area contributed by atoms with E-state index < -0.39 is 12.1 Å². The van der Waals surface area contributed by atoms with E-state index >= 15 is 0 Å². The number of furan rings is 1. The van der Waals surface area contributed by atoms with Crippen molar-refractivity contribution in [2.24, 2.45) is 0 Å². The number of hydrogen-bond acceptors (Lipinski definition) is 5. The van der Waals surface area contributed by atoms with Crippen LogP contribution in [-0.4, -0.2) is 24.8 Å². The van der Waals surface area contributed by atoms with E-state index in [2.05, 4.69) is 4.74 Å². The van der Waals surface area contributed by atoms with Gasteiger partial charge in [0, 0.05) is 5.56 Å². The molecule has 1 unspecified atom stereocenters. The Hall–Kier alpha value is -2.27. The van der Waals surface area contributed by atoms with Crippen LogP contribution in [0.4, 0.5) is 0 Å². The summed E-state index contributed by atoms with van der Waals surface area (Å²) in [7, 11) is 1.27. The van der Waals surface area contributed by atoms with Gasteiger partial charge in [-0.2, -0.15) is 0 Å². The normalized spacial score (nSPS) is 11.9. The standard InChI is InChI=1S/C15H16O5/c1-3-19-11-7-5-4-6-10(11)14(16)12-8-9-13(20-12)15(17)18-2/h4-9,14,16H,3H2,1-2H3. The van der Waals surface area contributed by atoms with Crippen LogP contribution in [0, 0.1) is 0 Å². The first-order valence-corrected chi connectivity index (χ1v) is 6.25. The minimum atomic E-state index is -1.00. The molecule has 5 nitrogen and oxygen atoms in total. The molecule has 1 heterocycles. The first kappa shape index (κ1) is 14.1. The monoisotopic (exact) mass is 276 g/mol. The topological polar surface area (TPSA) is 68.9 Å². The third-order valence-electron chi connectivity index (χ3n) is 2.80. The van der Waals surface area contributed by atoms with Crippen molar-refractivity contribution in [3.05, 3.63) is 53.5 Å². The van der Waals surface area contributed by atoms with Gasteiger partial charge in [0.25, 0.3) is 0 Å². The molecule has 2 rings (SSSR count). The third kappa shape index (κ3) is 2.83. The molecule has 106 valence electrons. The lowest BCUT2D eigenvalue weighted by molar-refractivity contribution is 0.0558. The van der Waals surface area contributed by atoms with E-state index in [9.17, 15) is 9.90 Å². The van der Waals surface area contributed by atoms with E-state index in [1.54, 1.807) is 24.3 Å². The molecule has 0 saturated carbocycles. The number of carbonyl (C=O) groups excluding carboxylic acids is 1. The van der Waals surface area contributed by atoms with Gasteiger partial charge in [-0.15, -0.1) is 0 Å². The fourth-order valence-electron chi connectivity index (χ4n) is 1.86. The molecule has 0 fully saturated rings. The van der Waals surface area contributed by atoms with Crippen molar-refractivity contribution in [2.45, 2.75) is 13.0 Å². The predicted octanol–water partition coefficient (Wildman–Crippen LogP) is 2.55. The summed E-state index contributed by atoms with van der Waals surface area (Å²) in [5.41, 5.74) is 0.583. The van der Waals surface area contributed by atoms with E-state index in [0.717, 1.165) is 0 Å². The molecule has 0 aliphatic heterocycles. The number of esters is 1. The lowest BCUT2D eigenvalue weighted by atomic mass is 10.1. The molecule has 1 atom stereocenters. The van der Waals surface area contributed by atoms with Crippen LogP contribution in [0.1, 0.15) is 34.9 Å². The average Bonchev–Trinajstić information content (AvgIpc) is 2.96. The summed E-state index contributed by atoms with van der Waals surface area (Å²) in [6.45, 7) is 2.36. The second kappa shape index (κ2) is 6.25. The summed E-state index contributed by atoms with van der Waals surface area (Å²) in [6.07, 6.45) is -1.00. The van der Waals surface area contributed by atoms with Crippen molar-refractivity contribution >= 4 is 5.97 Å².